The molecule has 1 aliphatic heterocycles. The zero-order chi connectivity index (χ0) is 42.6. The molecule has 1 aromatic heterocycles. The summed E-state index contributed by atoms with van der Waals surface area (Å²) in [6.45, 7) is 14.0. The average Bonchev–Trinajstić information content (AvgIpc) is 3.92. The molecule has 10 aromatic rings. The minimum atomic E-state index is -0.462. The van der Waals surface area contributed by atoms with E-state index in [0.29, 0.717) is 0 Å². The van der Waals surface area contributed by atoms with Crippen LogP contribution in [0.1, 0.15) is 74.9 Å². The van der Waals surface area contributed by atoms with Gasteiger partial charge in [-0.05, 0) is 136 Å². The molecule has 0 atom stereocenters. The van der Waals surface area contributed by atoms with Crippen molar-refractivity contribution in [3.8, 4) is 67.1 Å². The molecule has 1 spiro atoms. The summed E-state index contributed by atoms with van der Waals surface area (Å²) in [5, 5.41) is 4.57. The normalized spacial score (nSPS) is 14.1. The van der Waals surface area contributed by atoms with E-state index in [1.807, 2.05) is 6.07 Å². The fourth-order valence-corrected chi connectivity index (χ4v) is 11.3. The zero-order valence-corrected chi connectivity index (χ0v) is 36.5. The molecule has 0 saturated heterocycles. The Bertz CT molecular complexity index is 3560. The first-order chi connectivity index (χ1) is 30.5. The topological polar surface area (TPSA) is 22.4 Å². The van der Waals surface area contributed by atoms with Gasteiger partial charge in [-0.2, -0.15) is 0 Å². The molecule has 2 nitrogen and oxygen atoms in total. The Morgan fingerprint density at radius 1 is 0.349 bits per heavy atom. The number of fused-ring (bicyclic) bond motifs is 15. The van der Waals surface area contributed by atoms with Crippen molar-refractivity contribution in [2.75, 3.05) is 0 Å². The average molecular weight is 811 g/mol. The molecule has 0 unspecified atom stereocenters. The largest absolute Gasteiger partial charge is 0.456 e. The van der Waals surface area contributed by atoms with Gasteiger partial charge in [0.25, 0.3) is 0 Å². The van der Waals surface area contributed by atoms with E-state index < -0.39 is 5.41 Å². The van der Waals surface area contributed by atoms with Crippen LogP contribution < -0.4 is 4.74 Å². The highest BCUT2D eigenvalue weighted by molar-refractivity contribution is 6.18. The third-order valence-corrected chi connectivity index (χ3v) is 14.4. The molecule has 13 rings (SSSR count). The van der Waals surface area contributed by atoms with Crippen molar-refractivity contribution < 1.29 is 9.15 Å². The van der Waals surface area contributed by atoms with Crippen molar-refractivity contribution in [3.63, 3.8) is 0 Å². The van der Waals surface area contributed by atoms with Crippen LogP contribution in [0.5, 0.6) is 11.5 Å². The molecule has 2 heterocycles. The van der Waals surface area contributed by atoms with Gasteiger partial charge >= 0.3 is 0 Å². The van der Waals surface area contributed by atoms with Crippen molar-refractivity contribution in [1.29, 1.82) is 0 Å². The first-order valence-corrected chi connectivity index (χ1v) is 22.3. The summed E-state index contributed by atoms with van der Waals surface area (Å²) in [6.07, 6.45) is 0. The second-order valence-corrected chi connectivity index (χ2v) is 20.0. The maximum Gasteiger partial charge on any atom is 0.136 e. The number of hydrogen-bond donors (Lipinski definition) is 0. The molecule has 0 fully saturated rings. The Hall–Kier alpha value is -7.16. The summed E-state index contributed by atoms with van der Waals surface area (Å²) in [6, 6.07) is 63.5. The molecule has 0 bridgehead atoms. The maximum absolute atomic E-state index is 6.80. The Labute approximate surface area is 368 Å². The quantitative estimate of drug-likeness (QED) is 0.174. The van der Waals surface area contributed by atoms with E-state index in [-0.39, 0.29) is 10.8 Å². The minimum absolute atomic E-state index is 0.00122. The fraction of sp³-hybridized carbons (Fsp3) is 0.148. The summed E-state index contributed by atoms with van der Waals surface area (Å²) in [5.74, 6) is 1.76. The van der Waals surface area contributed by atoms with E-state index in [1.165, 1.54) is 83.3 Å². The van der Waals surface area contributed by atoms with Crippen molar-refractivity contribution >= 4 is 32.7 Å². The summed E-state index contributed by atoms with van der Waals surface area (Å²) >= 11 is 0. The molecule has 9 aromatic carbocycles. The van der Waals surface area contributed by atoms with Crippen LogP contribution in [0.3, 0.4) is 0 Å². The highest BCUT2D eigenvalue weighted by atomic mass is 16.5. The number of hydrogen-bond acceptors (Lipinski definition) is 2. The molecule has 63 heavy (non-hydrogen) atoms. The molecule has 0 radical (unpaired) electrons. The molecule has 0 amide bonds. The van der Waals surface area contributed by atoms with E-state index in [4.69, 9.17) is 9.15 Å². The summed E-state index contributed by atoms with van der Waals surface area (Å²) < 4.78 is 13.1. The van der Waals surface area contributed by atoms with Crippen molar-refractivity contribution in [1.82, 2.24) is 0 Å². The van der Waals surface area contributed by atoms with Crippen LogP contribution in [-0.2, 0) is 16.2 Å². The van der Waals surface area contributed by atoms with Crippen molar-refractivity contribution in [2.24, 2.45) is 0 Å². The van der Waals surface area contributed by atoms with Gasteiger partial charge in [-0.1, -0.05) is 175 Å². The van der Waals surface area contributed by atoms with E-state index >= 15 is 0 Å². The Balaban J connectivity index is 1.01. The SMILES string of the molecule is CC(C)(C)c1ccc2c(c1)C1(c3ccccc3-c3ccc(-c4ccc5c(c4)-c4cccc6c(-c7cccc8oc9ccccc9c78)ccc(c46)O5)cc31)c1cc(C(C)(C)C)ccc1-2. The Morgan fingerprint density at radius 3 is 1.62 bits per heavy atom. The fourth-order valence-electron chi connectivity index (χ4n) is 11.3. The predicted octanol–water partition coefficient (Wildman–Crippen LogP) is 16.8. The molecule has 302 valence electrons. The Kier molecular flexibility index (Phi) is 7.23. The lowest BCUT2D eigenvalue weighted by Gasteiger charge is -2.33. The second kappa shape index (κ2) is 12.5. The lowest BCUT2D eigenvalue weighted by Crippen LogP contribution is -2.27. The summed E-state index contributed by atoms with van der Waals surface area (Å²) in [5.41, 5.74) is 21.8. The van der Waals surface area contributed by atoms with E-state index in [9.17, 15) is 0 Å². The lowest BCUT2D eigenvalue weighted by atomic mass is 9.68. The molecular formula is C61H46O2. The van der Waals surface area contributed by atoms with Gasteiger partial charge < -0.3 is 9.15 Å². The monoisotopic (exact) mass is 810 g/mol. The van der Waals surface area contributed by atoms with Crippen molar-refractivity contribution in [2.45, 2.75) is 57.8 Å². The highest BCUT2D eigenvalue weighted by Gasteiger charge is 2.52. The van der Waals surface area contributed by atoms with Crippen LogP contribution in [0.2, 0.25) is 0 Å². The van der Waals surface area contributed by atoms with Gasteiger partial charge in [0.2, 0.25) is 0 Å². The molecule has 3 aliphatic rings. The summed E-state index contributed by atoms with van der Waals surface area (Å²) in [4.78, 5) is 0. The first-order valence-electron chi connectivity index (χ1n) is 22.3. The smallest absolute Gasteiger partial charge is 0.136 e. The van der Waals surface area contributed by atoms with Gasteiger partial charge in [0.05, 0.1) is 5.41 Å². The lowest BCUT2D eigenvalue weighted by molar-refractivity contribution is 0.487. The first kappa shape index (κ1) is 36.5. The Morgan fingerprint density at radius 2 is 0.873 bits per heavy atom. The third kappa shape index (κ3) is 4.95. The number of benzene rings is 9. The van der Waals surface area contributed by atoms with E-state index in [0.717, 1.165) is 50.0 Å². The van der Waals surface area contributed by atoms with Gasteiger partial charge in [-0.3, -0.25) is 0 Å². The van der Waals surface area contributed by atoms with Gasteiger partial charge in [0.1, 0.15) is 22.7 Å². The van der Waals surface area contributed by atoms with Crippen LogP contribution in [0.4, 0.5) is 0 Å². The number of furan rings is 1. The molecule has 2 aliphatic carbocycles. The van der Waals surface area contributed by atoms with Crippen LogP contribution in [0, 0.1) is 0 Å². The third-order valence-electron chi connectivity index (χ3n) is 14.4. The van der Waals surface area contributed by atoms with Gasteiger partial charge in [-0.25, -0.2) is 0 Å². The van der Waals surface area contributed by atoms with E-state index in [2.05, 4.69) is 205 Å². The zero-order valence-electron chi connectivity index (χ0n) is 36.5. The predicted molar refractivity (Wildman–Crippen MR) is 261 cm³/mol. The molecule has 2 heteroatoms. The van der Waals surface area contributed by atoms with Gasteiger partial charge in [0.15, 0.2) is 0 Å². The number of para-hydroxylation sites is 1. The highest BCUT2D eigenvalue weighted by Crippen LogP contribution is 2.64. The van der Waals surface area contributed by atoms with Crippen molar-refractivity contribution in [3.05, 3.63) is 203 Å². The van der Waals surface area contributed by atoms with Crippen LogP contribution in [0.25, 0.3) is 88.3 Å². The second-order valence-electron chi connectivity index (χ2n) is 20.0. The van der Waals surface area contributed by atoms with Gasteiger partial charge in [0, 0.05) is 21.7 Å². The molecule has 0 saturated carbocycles. The van der Waals surface area contributed by atoms with Crippen LogP contribution in [0.15, 0.2) is 174 Å². The van der Waals surface area contributed by atoms with Crippen LogP contribution >= 0.6 is 0 Å². The molecular weight excluding hydrogens is 765 g/mol. The summed E-state index contributed by atoms with van der Waals surface area (Å²) in [7, 11) is 0. The maximum atomic E-state index is 6.80. The minimum Gasteiger partial charge on any atom is -0.456 e. The number of ether oxygens (including phenoxy) is 1. The standard InChI is InChI=1S/C61H46O2/c1-59(2,3)37-23-26-42-43-27-24-38(60(4,5)6)34-52(43)61(51(42)33-37)49-18-9-7-13-40(49)41-25-21-36(32-50(41)61)35-22-29-54-48(31-35)46-16-11-15-44-39(28-30-56(63-54)57(44)46)45-17-12-20-55-58(45)47-14-8-10-19-53(47)62-55/h7-34H,1-6H3. The number of rotatable bonds is 2. The molecule has 0 N–H and O–H groups in total. The van der Waals surface area contributed by atoms with Crippen LogP contribution in [-0.4, -0.2) is 0 Å². The van der Waals surface area contributed by atoms with E-state index in [1.54, 1.807) is 0 Å². The van der Waals surface area contributed by atoms with Gasteiger partial charge in [-0.15, -0.1) is 0 Å².